The standard InChI is InChI=1S/C19H25N5O2/c1-13(18-20-14(2)22-26-18)23-9-11-24(12-10-23)19(25)17-8-7-15-5-3-4-6-16(15)21-17/h7-8,13H,3-6,9-12H2,1-2H3. The summed E-state index contributed by atoms with van der Waals surface area (Å²) in [6.07, 6.45) is 4.47. The van der Waals surface area contributed by atoms with E-state index in [9.17, 15) is 4.79 Å². The van der Waals surface area contributed by atoms with Gasteiger partial charge in [-0.05, 0) is 51.2 Å². The van der Waals surface area contributed by atoms with Gasteiger partial charge in [-0.2, -0.15) is 4.98 Å². The van der Waals surface area contributed by atoms with Crippen molar-refractivity contribution in [1.29, 1.82) is 0 Å². The largest absolute Gasteiger partial charge is 0.338 e. The average molecular weight is 355 g/mol. The van der Waals surface area contributed by atoms with E-state index in [2.05, 4.69) is 33.0 Å². The van der Waals surface area contributed by atoms with Crippen LogP contribution in [0.5, 0.6) is 0 Å². The molecule has 0 bridgehead atoms. The number of aromatic nitrogens is 3. The second kappa shape index (κ2) is 7.15. The van der Waals surface area contributed by atoms with Crippen LogP contribution in [0.1, 0.15) is 59.3 Å². The highest BCUT2D eigenvalue weighted by atomic mass is 16.5. The van der Waals surface area contributed by atoms with E-state index in [1.807, 2.05) is 17.9 Å². The van der Waals surface area contributed by atoms with Crippen LogP contribution in [0.2, 0.25) is 0 Å². The number of fused-ring (bicyclic) bond motifs is 1. The summed E-state index contributed by atoms with van der Waals surface area (Å²) >= 11 is 0. The smallest absolute Gasteiger partial charge is 0.272 e. The van der Waals surface area contributed by atoms with Gasteiger partial charge in [0.15, 0.2) is 5.82 Å². The first-order valence-corrected chi connectivity index (χ1v) is 9.44. The van der Waals surface area contributed by atoms with E-state index in [1.54, 1.807) is 0 Å². The van der Waals surface area contributed by atoms with Crippen molar-refractivity contribution in [3.8, 4) is 0 Å². The summed E-state index contributed by atoms with van der Waals surface area (Å²) in [7, 11) is 0. The molecule has 26 heavy (non-hydrogen) atoms. The Hall–Kier alpha value is -2.28. The zero-order chi connectivity index (χ0) is 18.1. The molecular formula is C19H25N5O2. The number of carbonyl (C=O) groups is 1. The van der Waals surface area contributed by atoms with Crippen molar-refractivity contribution in [2.75, 3.05) is 26.2 Å². The maximum atomic E-state index is 12.8. The van der Waals surface area contributed by atoms with E-state index in [0.717, 1.165) is 31.6 Å². The van der Waals surface area contributed by atoms with Gasteiger partial charge in [-0.3, -0.25) is 9.69 Å². The van der Waals surface area contributed by atoms with Gasteiger partial charge in [0.05, 0.1) is 6.04 Å². The minimum atomic E-state index is 0.0410. The minimum absolute atomic E-state index is 0.0410. The van der Waals surface area contributed by atoms with Gasteiger partial charge in [0.2, 0.25) is 5.89 Å². The number of rotatable bonds is 3. The fraction of sp³-hybridized carbons (Fsp3) is 0.579. The van der Waals surface area contributed by atoms with Gasteiger partial charge in [0, 0.05) is 31.9 Å². The Kier molecular flexibility index (Phi) is 4.72. The summed E-state index contributed by atoms with van der Waals surface area (Å²) in [5.41, 5.74) is 3.00. The highest BCUT2D eigenvalue weighted by Crippen LogP contribution is 2.22. The molecule has 7 heteroatoms. The fourth-order valence-electron chi connectivity index (χ4n) is 3.81. The predicted octanol–water partition coefficient (Wildman–Crippen LogP) is 2.17. The minimum Gasteiger partial charge on any atom is -0.338 e. The lowest BCUT2D eigenvalue weighted by Crippen LogP contribution is -2.49. The van der Waals surface area contributed by atoms with Crippen molar-refractivity contribution in [2.45, 2.75) is 45.6 Å². The van der Waals surface area contributed by atoms with Crippen molar-refractivity contribution in [2.24, 2.45) is 0 Å². The number of carbonyl (C=O) groups excluding carboxylic acids is 1. The van der Waals surface area contributed by atoms with Crippen molar-refractivity contribution >= 4 is 5.91 Å². The van der Waals surface area contributed by atoms with Crippen molar-refractivity contribution in [3.63, 3.8) is 0 Å². The lowest BCUT2D eigenvalue weighted by Gasteiger charge is -2.36. The van der Waals surface area contributed by atoms with Crippen LogP contribution in [0.25, 0.3) is 0 Å². The predicted molar refractivity (Wildman–Crippen MR) is 95.8 cm³/mol. The lowest BCUT2D eigenvalue weighted by molar-refractivity contribution is 0.0546. The van der Waals surface area contributed by atoms with Gasteiger partial charge >= 0.3 is 0 Å². The zero-order valence-electron chi connectivity index (χ0n) is 15.4. The Balaban J connectivity index is 1.39. The molecule has 1 atom stereocenters. The summed E-state index contributed by atoms with van der Waals surface area (Å²) in [6.45, 7) is 6.85. The molecule has 0 radical (unpaired) electrons. The monoisotopic (exact) mass is 355 g/mol. The molecule has 2 aliphatic rings. The first-order valence-electron chi connectivity index (χ1n) is 9.44. The second-order valence-electron chi connectivity index (χ2n) is 7.19. The number of amides is 1. The average Bonchev–Trinajstić information content (AvgIpc) is 3.13. The van der Waals surface area contributed by atoms with Crippen LogP contribution in [-0.2, 0) is 12.8 Å². The molecular weight excluding hydrogens is 330 g/mol. The Morgan fingerprint density at radius 2 is 1.88 bits per heavy atom. The summed E-state index contributed by atoms with van der Waals surface area (Å²) in [5, 5.41) is 3.86. The molecule has 1 aliphatic heterocycles. The number of pyridine rings is 1. The number of aryl methyl sites for hydroxylation is 3. The Bertz CT molecular complexity index is 795. The van der Waals surface area contributed by atoms with Gasteiger partial charge in [-0.1, -0.05) is 11.2 Å². The van der Waals surface area contributed by atoms with Crippen molar-refractivity contribution in [1.82, 2.24) is 24.9 Å². The quantitative estimate of drug-likeness (QED) is 0.840. The summed E-state index contributed by atoms with van der Waals surface area (Å²) in [4.78, 5) is 26.0. The van der Waals surface area contributed by atoms with Gasteiger partial charge in [-0.15, -0.1) is 0 Å². The maximum Gasteiger partial charge on any atom is 0.272 e. The first-order chi connectivity index (χ1) is 12.6. The molecule has 1 unspecified atom stereocenters. The molecule has 0 spiro atoms. The molecule has 4 rings (SSSR count). The lowest BCUT2D eigenvalue weighted by atomic mass is 9.96. The molecule has 0 aromatic carbocycles. The molecule has 138 valence electrons. The van der Waals surface area contributed by atoms with Gasteiger partial charge in [0.25, 0.3) is 5.91 Å². The van der Waals surface area contributed by atoms with Crippen LogP contribution >= 0.6 is 0 Å². The van der Waals surface area contributed by atoms with E-state index in [4.69, 9.17) is 4.52 Å². The highest BCUT2D eigenvalue weighted by molar-refractivity contribution is 5.92. The van der Waals surface area contributed by atoms with Gasteiger partial charge in [-0.25, -0.2) is 4.98 Å². The van der Waals surface area contributed by atoms with E-state index in [0.29, 0.717) is 30.5 Å². The molecule has 1 saturated heterocycles. The van der Waals surface area contributed by atoms with Crippen molar-refractivity contribution in [3.05, 3.63) is 40.8 Å². The molecule has 3 heterocycles. The van der Waals surface area contributed by atoms with Crippen LogP contribution in [-0.4, -0.2) is 57.0 Å². The molecule has 1 amide bonds. The van der Waals surface area contributed by atoms with Crippen LogP contribution < -0.4 is 0 Å². The second-order valence-corrected chi connectivity index (χ2v) is 7.19. The van der Waals surface area contributed by atoms with Crippen LogP contribution in [0.4, 0.5) is 0 Å². The van der Waals surface area contributed by atoms with E-state index in [-0.39, 0.29) is 11.9 Å². The Labute approximate surface area is 153 Å². The van der Waals surface area contributed by atoms with Crippen molar-refractivity contribution < 1.29 is 9.32 Å². The van der Waals surface area contributed by atoms with Crippen LogP contribution in [0.3, 0.4) is 0 Å². The van der Waals surface area contributed by atoms with E-state index in [1.165, 1.54) is 18.4 Å². The van der Waals surface area contributed by atoms with E-state index >= 15 is 0 Å². The normalized spacial score (nSPS) is 19.2. The highest BCUT2D eigenvalue weighted by Gasteiger charge is 2.28. The summed E-state index contributed by atoms with van der Waals surface area (Å²) < 4.78 is 5.28. The number of hydrogen-bond donors (Lipinski definition) is 0. The zero-order valence-corrected chi connectivity index (χ0v) is 15.4. The Morgan fingerprint density at radius 1 is 1.12 bits per heavy atom. The molecule has 2 aromatic rings. The topological polar surface area (TPSA) is 75.4 Å². The molecule has 7 nitrogen and oxygen atoms in total. The molecule has 2 aromatic heterocycles. The number of nitrogens with zero attached hydrogens (tertiary/aromatic N) is 5. The number of hydrogen-bond acceptors (Lipinski definition) is 6. The van der Waals surface area contributed by atoms with Gasteiger partial charge < -0.3 is 9.42 Å². The van der Waals surface area contributed by atoms with E-state index < -0.39 is 0 Å². The Morgan fingerprint density at radius 3 is 2.62 bits per heavy atom. The van der Waals surface area contributed by atoms with Crippen LogP contribution in [0, 0.1) is 6.92 Å². The summed E-state index contributed by atoms with van der Waals surface area (Å²) in [5.74, 6) is 1.33. The van der Waals surface area contributed by atoms with Crippen LogP contribution in [0.15, 0.2) is 16.7 Å². The number of piperazine rings is 1. The molecule has 1 aliphatic carbocycles. The third-order valence-electron chi connectivity index (χ3n) is 5.45. The fourth-order valence-corrected chi connectivity index (χ4v) is 3.81. The summed E-state index contributed by atoms with van der Waals surface area (Å²) in [6, 6.07) is 4.04. The maximum absolute atomic E-state index is 12.8. The first kappa shape index (κ1) is 17.1. The SMILES string of the molecule is Cc1noc(C(C)N2CCN(C(=O)c3ccc4c(n3)CCCC4)CC2)n1. The third kappa shape index (κ3) is 3.35. The molecule has 0 N–H and O–H groups in total. The molecule has 0 saturated carbocycles. The molecule has 1 fully saturated rings. The third-order valence-corrected chi connectivity index (χ3v) is 5.45. The van der Waals surface area contributed by atoms with Gasteiger partial charge in [0.1, 0.15) is 5.69 Å².